The maximum atomic E-state index is 12.0. The first-order valence-corrected chi connectivity index (χ1v) is 7.75. The monoisotopic (exact) mass is 306 g/mol. The quantitative estimate of drug-likeness (QED) is 0.862. The maximum absolute atomic E-state index is 12.0. The number of hydrogen-bond acceptors (Lipinski definition) is 5. The third kappa shape index (κ3) is 3.14. The van der Waals surface area contributed by atoms with Crippen molar-refractivity contribution in [2.75, 3.05) is 19.6 Å². The fourth-order valence-corrected chi connectivity index (χ4v) is 3.33. The van der Waals surface area contributed by atoms with Gasteiger partial charge in [0.1, 0.15) is 5.76 Å². The Balaban J connectivity index is 1.51. The van der Waals surface area contributed by atoms with E-state index in [-0.39, 0.29) is 30.2 Å². The number of likely N-dealkylation sites (tertiary alicyclic amines) is 2. The Bertz CT molecular complexity index is 563. The van der Waals surface area contributed by atoms with E-state index >= 15 is 0 Å². The number of hydrogen-bond donors (Lipinski definition) is 1. The number of nitrogens with two attached hydrogens (primary N) is 1. The molecule has 0 radical (unpaired) electrons. The van der Waals surface area contributed by atoms with Crippen LogP contribution in [0.3, 0.4) is 0 Å². The van der Waals surface area contributed by atoms with E-state index in [1.165, 1.54) is 0 Å². The molecule has 1 aromatic heterocycles. The Morgan fingerprint density at radius 3 is 2.73 bits per heavy atom. The highest BCUT2D eigenvalue weighted by Crippen LogP contribution is 2.25. The van der Waals surface area contributed by atoms with Crippen molar-refractivity contribution in [3.63, 3.8) is 0 Å². The van der Waals surface area contributed by atoms with Crippen LogP contribution in [0.5, 0.6) is 0 Å². The molecule has 3 heterocycles. The smallest absolute Gasteiger partial charge is 0.223 e. The summed E-state index contributed by atoms with van der Waals surface area (Å²) < 4.78 is 5.50. The summed E-state index contributed by atoms with van der Waals surface area (Å²) in [6.45, 7) is 4.88. The summed E-state index contributed by atoms with van der Waals surface area (Å²) in [5.41, 5.74) is 5.32. The predicted octanol–water partition coefficient (Wildman–Crippen LogP) is 0.281. The number of carbonyl (C=O) groups is 2. The van der Waals surface area contributed by atoms with E-state index in [4.69, 9.17) is 10.2 Å². The van der Waals surface area contributed by atoms with Gasteiger partial charge in [0.25, 0.3) is 0 Å². The number of nitrogens with zero attached hydrogens (tertiary/aromatic N) is 3. The average Bonchev–Trinajstić information content (AvgIpc) is 3.06. The van der Waals surface area contributed by atoms with Crippen molar-refractivity contribution in [2.24, 2.45) is 11.7 Å². The molecule has 0 aliphatic carbocycles. The van der Waals surface area contributed by atoms with Gasteiger partial charge < -0.3 is 15.1 Å². The zero-order valence-corrected chi connectivity index (χ0v) is 12.8. The molecule has 2 aliphatic heterocycles. The molecule has 2 aliphatic rings. The Morgan fingerprint density at radius 1 is 1.45 bits per heavy atom. The first-order valence-electron chi connectivity index (χ1n) is 7.75. The number of carbonyl (C=O) groups excluding carboxylic acids is 2. The van der Waals surface area contributed by atoms with Crippen LogP contribution in [0.1, 0.15) is 30.9 Å². The van der Waals surface area contributed by atoms with Crippen LogP contribution in [0.25, 0.3) is 0 Å². The highest BCUT2D eigenvalue weighted by Gasteiger charge is 2.38. The number of primary amides is 1. The molecular weight excluding hydrogens is 284 g/mol. The van der Waals surface area contributed by atoms with Gasteiger partial charge in [-0.1, -0.05) is 0 Å². The Morgan fingerprint density at radius 2 is 2.18 bits per heavy atom. The molecule has 1 aromatic rings. The molecule has 1 unspecified atom stereocenters. The standard InChI is InChI=1S/C15H22N4O3/c1-10-7-17-13(22-10)9-18-4-2-12(3-5-18)19-8-11(15(16)21)6-14(19)20/h7,11-12H,2-6,8-9H2,1H3,(H2,16,21). The van der Waals surface area contributed by atoms with Crippen LogP contribution in [0.15, 0.2) is 10.6 Å². The average molecular weight is 306 g/mol. The van der Waals surface area contributed by atoms with E-state index in [2.05, 4.69) is 9.88 Å². The van der Waals surface area contributed by atoms with Crippen molar-refractivity contribution in [1.29, 1.82) is 0 Å². The lowest BCUT2D eigenvalue weighted by atomic mass is 10.0. The van der Waals surface area contributed by atoms with Gasteiger partial charge in [0.2, 0.25) is 17.7 Å². The Kier molecular flexibility index (Phi) is 4.15. The van der Waals surface area contributed by atoms with E-state index in [0.717, 1.165) is 37.6 Å². The molecule has 7 nitrogen and oxygen atoms in total. The molecule has 0 bridgehead atoms. The van der Waals surface area contributed by atoms with Crippen molar-refractivity contribution in [3.05, 3.63) is 17.8 Å². The molecule has 22 heavy (non-hydrogen) atoms. The molecule has 1 atom stereocenters. The number of oxazole rings is 1. The summed E-state index contributed by atoms with van der Waals surface area (Å²) in [6, 6.07) is 0.222. The second kappa shape index (κ2) is 6.08. The van der Waals surface area contributed by atoms with E-state index < -0.39 is 0 Å². The lowest BCUT2D eigenvalue weighted by Gasteiger charge is -2.36. The van der Waals surface area contributed by atoms with Gasteiger partial charge in [-0.25, -0.2) is 4.98 Å². The molecule has 7 heteroatoms. The van der Waals surface area contributed by atoms with Gasteiger partial charge in [0.05, 0.1) is 18.7 Å². The summed E-state index contributed by atoms with van der Waals surface area (Å²) in [4.78, 5) is 31.7. The van der Waals surface area contributed by atoms with Crippen molar-refractivity contribution in [1.82, 2.24) is 14.8 Å². The lowest BCUT2D eigenvalue weighted by molar-refractivity contribution is -0.130. The first-order chi connectivity index (χ1) is 10.5. The van der Waals surface area contributed by atoms with Crippen LogP contribution in [-0.2, 0) is 16.1 Å². The molecular formula is C15H22N4O3. The van der Waals surface area contributed by atoms with Crippen LogP contribution >= 0.6 is 0 Å². The number of amides is 2. The normalized spacial score (nSPS) is 24.1. The van der Waals surface area contributed by atoms with Crippen LogP contribution in [-0.4, -0.2) is 52.3 Å². The summed E-state index contributed by atoms with van der Waals surface area (Å²) in [6.07, 6.45) is 3.83. The topological polar surface area (TPSA) is 92.7 Å². The summed E-state index contributed by atoms with van der Waals surface area (Å²) in [5.74, 6) is 0.936. The molecule has 0 spiro atoms. The highest BCUT2D eigenvalue weighted by molar-refractivity contribution is 5.88. The van der Waals surface area contributed by atoms with Gasteiger partial charge in [0, 0.05) is 32.1 Å². The predicted molar refractivity (Wildman–Crippen MR) is 78.6 cm³/mol. The third-order valence-electron chi connectivity index (χ3n) is 4.59. The minimum absolute atomic E-state index is 0.0607. The van der Waals surface area contributed by atoms with Crippen molar-refractivity contribution in [2.45, 2.75) is 38.8 Å². The number of piperidine rings is 1. The molecule has 2 saturated heterocycles. The second-order valence-corrected chi connectivity index (χ2v) is 6.22. The molecule has 2 fully saturated rings. The molecule has 2 N–H and O–H groups in total. The van der Waals surface area contributed by atoms with Gasteiger partial charge in [-0.05, 0) is 19.8 Å². The zero-order valence-electron chi connectivity index (χ0n) is 12.8. The lowest BCUT2D eigenvalue weighted by Crippen LogP contribution is -2.45. The largest absolute Gasteiger partial charge is 0.445 e. The summed E-state index contributed by atoms with van der Waals surface area (Å²) in [5, 5.41) is 0. The van der Waals surface area contributed by atoms with Crippen LogP contribution < -0.4 is 5.73 Å². The Labute approximate surface area is 129 Å². The minimum Gasteiger partial charge on any atom is -0.445 e. The van der Waals surface area contributed by atoms with Crippen molar-refractivity contribution in [3.8, 4) is 0 Å². The molecule has 0 saturated carbocycles. The van der Waals surface area contributed by atoms with Crippen molar-refractivity contribution >= 4 is 11.8 Å². The fraction of sp³-hybridized carbons (Fsp3) is 0.667. The van der Waals surface area contributed by atoms with Gasteiger partial charge in [-0.2, -0.15) is 0 Å². The fourth-order valence-electron chi connectivity index (χ4n) is 3.33. The number of aryl methyl sites for hydroxylation is 1. The SMILES string of the molecule is Cc1cnc(CN2CCC(N3CC(C(N)=O)CC3=O)CC2)o1. The van der Waals surface area contributed by atoms with Crippen LogP contribution in [0, 0.1) is 12.8 Å². The van der Waals surface area contributed by atoms with Crippen molar-refractivity contribution < 1.29 is 14.0 Å². The van der Waals surface area contributed by atoms with E-state index in [1.54, 1.807) is 6.20 Å². The molecule has 3 rings (SSSR count). The number of aromatic nitrogens is 1. The molecule has 120 valence electrons. The van der Waals surface area contributed by atoms with E-state index in [1.807, 2.05) is 11.8 Å². The van der Waals surface area contributed by atoms with Gasteiger partial charge >= 0.3 is 0 Å². The third-order valence-corrected chi connectivity index (χ3v) is 4.59. The minimum atomic E-state index is -0.368. The van der Waals surface area contributed by atoms with E-state index in [0.29, 0.717) is 13.1 Å². The second-order valence-electron chi connectivity index (χ2n) is 6.22. The molecule has 0 aromatic carbocycles. The summed E-state index contributed by atoms with van der Waals surface area (Å²) in [7, 11) is 0. The number of rotatable bonds is 4. The van der Waals surface area contributed by atoms with Crippen LogP contribution in [0.2, 0.25) is 0 Å². The van der Waals surface area contributed by atoms with Gasteiger partial charge in [-0.15, -0.1) is 0 Å². The van der Waals surface area contributed by atoms with Crippen LogP contribution in [0.4, 0.5) is 0 Å². The van der Waals surface area contributed by atoms with Gasteiger partial charge in [-0.3, -0.25) is 14.5 Å². The van der Waals surface area contributed by atoms with E-state index in [9.17, 15) is 9.59 Å². The van der Waals surface area contributed by atoms with Gasteiger partial charge in [0.15, 0.2) is 0 Å². The molecule has 2 amide bonds. The highest BCUT2D eigenvalue weighted by atomic mass is 16.4. The zero-order chi connectivity index (χ0) is 15.7. The first kappa shape index (κ1) is 15.0. The Hall–Kier alpha value is -1.89. The maximum Gasteiger partial charge on any atom is 0.223 e. The summed E-state index contributed by atoms with van der Waals surface area (Å²) >= 11 is 0.